The highest BCUT2D eigenvalue weighted by atomic mass is 35.5. The summed E-state index contributed by atoms with van der Waals surface area (Å²) in [5, 5.41) is 3.51. The second kappa shape index (κ2) is 9.95. The van der Waals surface area contributed by atoms with E-state index in [0.29, 0.717) is 16.6 Å². The molecule has 28 heavy (non-hydrogen) atoms. The molecule has 7 heteroatoms. The molecule has 0 saturated carbocycles. The number of hydrogen-bond acceptors (Lipinski definition) is 2. The average molecular weight is 444 g/mol. The summed E-state index contributed by atoms with van der Waals surface area (Å²) in [7, 11) is 4.54. The third kappa shape index (κ3) is 5.62. The van der Waals surface area contributed by atoms with E-state index < -0.39 is 0 Å². The van der Waals surface area contributed by atoms with Crippen LogP contribution in [0.1, 0.15) is 28.8 Å². The summed E-state index contributed by atoms with van der Waals surface area (Å²) >= 11 is 12.1. The van der Waals surface area contributed by atoms with Crippen molar-refractivity contribution in [1.29, 1.82) is 0 Å². The third-order valence-electron chi connectivity index (χ3n) is 5.18. The highest BCUT2D eigenvalue weighted by molar-refractivity contribution is 6.44. The summed E-state index contributed by atoms with van der Waals surface area (Å²) in [4.78, 5) is 12.4. The molecule has 3 rings (SSSR count). The summed E-state index contributed by atoms with van der Waals surface area (Å²) in [5.74, 6) is -0.270. The molecule has 1 aliphatic heterocycles. The van der Waals surface area contributed by atoms with Gasteiger partial charge in [0.05, 0.1) is 49.0 Å². The fourth-order valence-corrected chi connectivity index (χ4v) is 3.94. The number of anilines is 1. The molecule has 2 aromatic carbocycles. The second-order valence-corrected chi connectivity index (χ2v) is 8.32. The number of carbonyl (C=O) groups excluding carboxylic acids is 1. The predicted molar refractivity (Wildman–Crippen MR) is 111 cm³/mol. The molecule has 1 heterocycles. The molecule has 2 aromatic rings. The summed E-state index contributed by atoms with van der Waals surface area (Å²) in [6.45, 7) is 2.64. The molecule has 1 amide bonds. The van der Waals surface area contributed by atoms with E-state index in [0.717, 1.165) is 42.8 Å². The Balaban J connectivity index is 0.00000280. The van der Waals surface area contributed by atoms with E-state index in [1.807, 2.05) is 12.1 Å². The number of amides is 1. The highest BCUT2D eigenvalue weighted by Crippen LogP contribution is 2.27. The van der Waals surface area contributed by atoms with Crippen LogP contribution in [0.5, 0.6) is 0 Å². The first-order valence-electron chi connectivity index (χ1n) is 9.11. The van der Waals surface area contributed by atoms with E-state index in [-0.39, 0.29) is 23.3 Å². The number of quaternary nitrogens is 1. The van der Waals surface area contributed by atoms with E-state index in [9.17, 15) is 4.79 Å². The molecule has 1 N–H and O–H groups in total. The molecule has 0 spiro atoms. The normalized spacial score (nSPS) is 15.0. The van der Waals surface area contributed by atoms with Crippen LogP contribution in [-0.4, -0.2) is 43.7 Å². The molecule has 0 aliphatic carbocycles. The van der Waals surface area contributed by atoms with Crippen molar-refractivity contribution in [3.63, 3.8) is 0 Å². The summed E-state index contributed by atoms with van der Waals surface area (Å²) in [6, 6.07) is 13.6. The Morgan fingerprint density at radius 2 is 1.75 bits per heavy atom. The van der Waals surface area contributed by atoms with Crippen molar-refractivity contribution < 1.29 is 26.4 Å². The number of ether oxygens (including phenoxy) is 1. The Morgan fingerprint density at radius 3 is 2.39 bits per heavy atom. The molecule has 1 saturated heterocycles. The summed E-state index contributed by atoms with van der Waals surface area (Å²) in [6.07, 6.45) is 2.20. The maximum atomic E-state index is 12.4. The zero-order valence-corrected chi connectivity index (χ0v) is 18.3. The molecule has 0 aromatic heterocycles. The lowest BCUT2D eigenvalue weighted by Crippen LogP contribution is -3.00. The van der Waals surface area contributed by atoms with Gasteiger partial charge < -0.3 is 26.9 Å². The number of hydrogen-bond donors (Lipinski definition) is 1. The molecule has 0 atom stereocenters. The topological polar surface area (TPSA) is 38.3 Å². The minimum Gasteiger partial charge on any atom is -1.00 e. The number of nitrogens with one attached hydrogen (secondary N) is 1. The number of nitrogens with zero attached hydrogens (tertiary/aromatic N) is 1. The Labute approximate surface area is 182 Å². The van der Waals surface area contributed by atoms with Gasteiger partial charge in [0.25, 0.3) is 5.91 Å². The van der Waals surface area contributed by atoms with Crippen molar-refractivity contribution in [2.24, 2.45) is 0 Å². The van der Waals surface area contributed by atoms with Crippen LogP contribution in [0.4, 0.5) is 5.69 Å². The number of halogens is 3. The zero-order chi connectivity index (χ0) is 19.4. The molecule has 1 aliphatic rings. The van der Waals surface area contributed by atoms with Gasteiger partial charge in [-0.1, -0.05) is 41.4 Å². The lowest BCUT2D eigenvalue weighted by molar-refractivity contribution is -0.929. The van der Waals surface area contributed by atoms with Gasteiger partial charge in [-0.2, -0.15) is 0 Å². The number of carbonyl (C=O) groups is 1. The second-order valence-electron chi connectivity index (χ2n) is 7.53. The minimum atomic E-state index is -0.270. The van der Waals surface area contributed by atoms with Gasteiger partial charge in [-0.3, -0.25) is 4.79 Å². The third-order valence-corrected chi connectivity index (χ3v) is 6.00. The van der Waals surface area contributed by atoms with Crippen molar-refractivity contribution >= 4 is 34.8 Å². The molecular weight excluding hydrogens is 419 g/mol. The van der Waals surface area contributed by atoms with Gasteiger partial charge in [0.2, 0.25) is 0 Å². The Morgan fingerprint density at radius 1 is 1.11 bits per heavy atom. The van der Waals surface area contributed by atoms with Gasteiger partial charge >= 0.3 is 0 Å². The van der Waals surface area contributed by atoms with E-state index in [1.54, 1.807) is 18.2 Å². The monoisotopic (exact) mass is 442 g/mol. The van der Waals surface area contributed by atoms with Crippen molar-refractivity contribution in [3.8, 4) is 0 Å². The standard InChI is InChI=1S/C21H24Cl2N2O2.ClH/c1-25(2,17-10-12-27-13-11-17)14-15-6-8-16(9-7-15)24-21(26)18-4-3-5-19(22)20(18)23;/h3-9,17H,10-14H2,1-2H3;1H. The van der Waals surface area contributed by atoms with Crippen LogP contribution < -0.4 is 17.7 Å². The van der Waals surface area contributed by atoms with Crippen LogP contribution in [0.3, 0.4) is 0 Å². The van der Waals surface area contributed by atoms with Crippen molar-refractivity contribution in [3.05, 3.63) is 63.6 Å². The first-order valence-corrected chi connectivity index (χ1v) is 9.87. The summed E-state index contributed by atoms with van der Waals surface area (Å²) < 4.78 is 6.42. The van der Waals surface area contributed by atoms with E-state index in [4.69, 9.17) is 27.9 Å². The Bertz CT molecular complexity index is 804. The fourth-order valence-electron chi connectivity index (χ4n) is 3.55. The Hall–Kier alpha value is -1.30. The van der Waals surface area contributed by atoms with Gasteiger partial charge in [-0.15, -0.1) is 0 Å². The van der Waals surface area contributed by atoms with Crippen LogP contribution in [-0.2, 0) is 11.3 Å². The maximum Gasteiger partial charge on any atom is 0.257 e. The van der Waals surface area contributed by atoms with Crippen LogP contribution in [0, 0.1) is 0 Å². The molecule has 4 nitrogen and oxygen atoms in total. The lowest BCUT2D eigenvalue weighted by atomic mass is 10.0. The van der Waals surface area contributed by atoms with Crippen LogP contribution in [0.25, 0.3) is 0 Å². The van der Waals surface area contributed by atoms with E-state index in [2.05, 4.69) is 31.5 Å². The quantitative estimate of drug-likeness (QED) is 0.718. The molecule has 0 unspecified atom stereocenters. The zero-order valence-electron chi connectivity index (χ0n) is 16.1. The first-order chi connectivity index (χ1) is 12.9. The van der Waals surface area contributed by atoms with Gasteiger partial charge in [0, 0.05) is 24.1 Å². The van der Waals surface area contributed by atoms with Crippen molar-refractivity contribution in [2.75, 3.05) is 32.6 Å². The number of benzene rings is 2. The van der Waals surface area contributed by atoms with Crippen molar-refractivity contribution in [1.82, 2.24) is 0 Å². The molecule has 0 radical (unpaired) electrons. The van der Waals surface area contributed by atoms with Gasteiger partial charge in [0.1, 0.15) is 6.54 Å². The lowest BCUT2D eigenvalue weighted by Gasteiger charge is -2.40. The average Bonchev–Trinajstić information content (AvgIpc) is 2.66. The molecule has 0 bridgehead atoms. The number of rotatable bonds is 5. The largest absolute Gasteiger partial charge is 1.00 e. The van der Waals surface area contributed by atoms with Crippen LogP contribution in [0.15, 0.2) is 42.5 Å². The molecule has 1 fully saturated rings. The van der Waals surface area contributed by atoms with Crippen molar-refractivity contribution in [2.45, 2.75) is 25.4 Å². The molecule has 152 valence electrons. The van der Waals surface area contributed by atoms with Crippen LogP contribution in [0.2, 0.25) is 10.0 Å². The first kappa shape index (κ1) is 23.0. The molecular formula is C21H25Cl3N2O2. The minimum absolute atomic E-state index is 0. The SMILES string of the molecule is C[N+](C)(Cc1ccc(NC(=O)c2cccc(Cl)c2Cl)cc1)C1CCOCC1.[Cl-]. The maximum absolute atomic E-state index is 12.4. The fraction of sp³-hybridized carbons (Fsp3) is 0.381. The summed E-state index contributed by atoms with van der Waals surface area (Å²) in [5.41, 5.74) is 2.34. The van der Waals surface area contributed by atoms with E-state index in [1.165, 1.54) is 5.56 Å². The van der Waals surface area contributed by atoms with Gasteiger partial charge in [-0.05, 0) is 24.3 Å². The van der Waals surface area contributed by atoms with E-state index >= 15 is 0 Å². The van der Waals surface area contributed by atoms with Gasteiger partial charge in [-0.25, -0.2) is 0 Å². The highest BCUT2D eigenvalue weighted by Gasteiger charge is 2.30. The van der Waals surface area contributed by atoms with Crippen LogP contribution >= 0.6 is 23.2 Å². The predicted octanol–water partition coefficient (Wildman–Crippen LogP) is 2.01. The van der Waals surface area contributed by atoms with Gasteiger partial charge in [0.15, 0.2) is 0 Å². The smallest absolute Gasteiger partial charge is 0.257 e. The Kier molecular flexibility index (Phi) is 8.17.